The van der Waals surface area contributed by atoms with Gasteiger partial charge in [-0.2, -0.15) is 0 Å². The topological polar surface area (TPSA) is 139 Å². The molecule has 0 amide bonds. The normalized spacial score (nSPS) is 39.9. The Bertz CT molecular complexity index is 287. The van der Waals surface area contributed by atoms with Crippen molar-refractivity contribution in [1.29, 1.82) is 0 Å². The number of carboxylic acids is 1. The van der Waals surface area contributed by atoms with Crippen LogP contribution in [0.15, 0.2) is 0 Å². The van der Waals surface area contributed by atoms with Gasteiger partial charge in [0.15, 0.2) is 0 Å². The van der Waals surface area contributed by atoms with Crippen molar-refractivity contribution < 1.29 is 35.1 Å². The molecular weight excluding hydrogens is 234 g/mol. The number of rotatable bonds is 4. The lowest BCUT2D eigenvalue weighted by atomic mass is 9.96. The minimum Gasteiger partial charge on any atom is -0.480 e. The Hall–Kier alpha value is -0.770. The van der Waals surface area contributed by atoms with Gasteiger partial charge in [0.1, 0.15) is 24.4 Å². The Balaban J connectivity index is 2.59. The summed E-state index contributed by atoms with van der Waals surface area (Å²) in [6, 6.07) is -0.946. The van der Waals surface area contributed by atoms with E-state index in [1.54, 1.807) is 0 Å². The van der Waals surface area contributed by atoms with Crippen LogP contribution in [0.2, 0.25) is 0 Å². The van der Waals surface area contributed by atoms with Crippen molar-refractivity contribution in [3.63, 3.8) is 0 Å². The number of aliphatic hydroxyl groups is 4. The first kappa shape index (κ1) is 14.3. The van der Waals surface area contributed by atoms with E-state index < -0.39 is 36.1 Å². The Kier molecular flexibility index (Phi) is 4.42. The number of carbonyl (C=O) groups is 1. The van der Waals surface area contributed by atoms with Crippen molar-refractivity contribution in [3.8, 4) is 0 Å². The van der Waals surface area contributed by atoms with Crippen LogP contribution < -0.4 is 5.32 Å². The molecule has 1 unspecified atom stereocenters. The predicted octanol–water partition coefficient (Wildman–Crippen LogP) is -3.15. The molecule has 0 aromatic rings. The fourth-order valence-electron chi connectivity index (χ4n) is 1.43. The fourth-order valence-corrected chi connectivity index (χ4v) is 1.43. The molecule has 100 valence electrons. The van der Waals surface area contributed by atoms with E-state index in [-0.39, 0.29) is 13.2 Å². The SMILES string of the molecule is C[C@H](NCC1(O)OC[C@@H](O)[C@@H](O)[C@@H]1O)C(=O)O. The smallest absolute Gasteiger partial charge is 0.320 e. The number of aliphatic hydroxyl groups excluding tert-OH is 3. The number of hydrogen-bond acceptors (Lipinski definition) is 7. The van der Waals surface area contributed by atoms with Crippen LogP contribution >= 0.6 is 0 Å². The van der Waals surface area contributed by atoms with Gasteiger partial charge in [-0.25, -0.2) is 0 Å². The summed E-state index contributed by atoms with van der Waals surface area (Å²) in [5.74, 6) is -3.25. The molecular formula is C9H17NO7. The van der Waals surface area contributed by atoms with Gasteiger partial charge in [0, 0.05) is 0 Å². The summed E-state index contributed by atoms with van der Waals surface area (Å²) < 4.78 is 4.83. The zero-order chi connectivity index (χ0) is 13.2. The molecule has 0 spiro atoms. The van der Waals surface area contributed by atoms with E-state index in [2.05, 4.69) is 5.32 Å². The van der Waals surface area contributed by atoms with Gasteiger partial charge in [-0.05, 0) is 6.92 Å². The summed E-state index contributed by atoms with van der Waals surface area (Å²) in [5.41, 5.74) is 0. The van der Waals surface area contributed by atoms with Crippen LogP contribution in [-0.2, 0) is 9.53 Å². The molecule has 1 saturated heterocycles. The van der Waals surface area contributed by atoms with Crippen LogP contribution in [0.3, 0.4) is 0 Å². The summed E-state index contributed by atoms with van der Waals surface area (Å²) in [6.45, 7) is 0.620. The maximum Gasteiger partial charge on any atom is 0.320 e. The van der Waals surface area contributed by atoms with Crippen LogP contribution in [0.4, 0.5) is 0 Å². The molecule has 1 aliphatic heterocycles. The van der Waals surface area contributed by atoms with E-state index in [0.717, 1.165) is 0 Å². The van der Waals surface area contributed by atoms with Crippen LogP contribution in [0.5, 0.6) is 0 Å². The highest BCUT2D eigenvalue weighted by atomic mass is 16.6. The predicted molar refractivity (Wildman–Crippen MR) is 54.0 cm³/mol. The molecule has 1 aliphatic rings. The Morgan fingerprint density at radius 2 is 2.12 bits per heavy atom. The van der Waals surface area contributed by atoms with Gasteiger partial charge < -0.3 is 30.3 Å². The second-order valence-corrected chi connectivity index (χ2v) is 4.10. The van der Waals surface area contributed by atoms with Gasteiger partial charge >= 0.3 is 5.97 Å². The first-order chi connectivity index (χ1) is 7.78. The van der Waals surface area contributed by atoms with Gasteiger partial charge in [0.2, 0.25) is 5.79 Å². The van der Waals surface area contributed by atoms with Crippen molar-refractivity contribution in [2.24, 2.45) is 0 Å². The molecule has 6 N–H and O–H groups in total. The molecule has 0 aliphatic carbocycles. The first-order valence-electron chi connectivity index (χ1n) is 5.14. The van der Waals surface area contributed by atoms with Crippen LogP contribution in [0.1, 0.15) is 6.92 Å². The molecule has 0 aromatic carbocycles. The summed E-state index contributed by atoms with van der Waals surface area (Å²) in [6.07, 6.45) is -4.56. The van der Waals surface area contributed by atoms with Gasteiger partial charge in [-0.15, -0.1) is 0 Å². The first-order valence-corrected chi connectivity index (χ1v) is 5.14. The summed E-state index contributed by atoms with van der Waals surface area (Å²) in [4.78, 5) is 10.5. The fraction of sp³-hybridized carbons (Fsp3) is 0.889. The van der Waals surface area contributed by atoms with Crippen LogP contribution in [0, 0.1) is 0 Å². The van der Waals surface area contributed by atoms with Crippen molar-refractivity contribution in [2.75, 3.05) is 13.2 Å². The average molecular weight is 251 g/mol. The third kappa shape index (κ3) is 3.12. The molecule has 1 heterocycles. The van der Waals surface area contributed by atoms with Crippen LogP contribution in [-0.4, -0.2) is 74.8 Å². The lowest BCUT2D eigenvalue weighted by molar-refractivity contribution is -0.318. The molecule has 0 aromatic heterocycles. The molecule has 5 atom stereocenters. The number of hydrogen-bond donors (Lipinski definition) is 6. The lowest BCUT2D eigenvalue weighted by Gasteiger charge is -2.41. The quantitative estimate of drug-likeness (QED) is 0.308. The minimum atomic E-state index is -2.12. The average Bonchev–Trinajstić information content (AvgIpc) is 2.29. The van der Waals surface area contributed by atoms with Crippen LogP contribution in [0.25, 0.3) is 0 Å². The van der Waals surface area contributed by atoms with Crippen molar-refractivity contribution in [1.82, 2.24) is 5.32 Å². The number of ether oxygens (including phenoxy) is 1. The molecule has 0 radical (unpaired) electrons. The highest BCUT2D eigenvalue weighted by molar-refractivity contribution is 5.72. The number of nitrogens with one attached hydrogen (secondary N) is 1. The minimum absolute atomic E-state index is 0.349. The van der Waals surface area contributed by atoms with Gasteiger partial charge in [0.25, 0.3) is 0 Å². The molecule has 8 nitrogen and oxygen atoms in total. The molecule has 1 rings (SSSR count). The Morgan fingerprint density at radius 3 is 2.65 bits per heavy atom. The maximum absolute atomic E-state index is 10.5. The maximum atomic E-state index is 10.5. The van der Waals surface area contributed by atoms with E-state index in [9.17, 15) is 25.2 Å². The zero-order valence-corrected chi connectivity index (χ0v) is 9.28. The number of aliphatic carboxylic acids is 1. The molecule has 1 fully saturated rings. The monoisotopic (exact) mass is 251 g/mol. The summed E-state index contributed by atoms with van der Waals surface area (Å²) in [7, 11) is 0. The second-order valence-electron chi connectivity index (χ2n) is 4.10. The zero-order valence-electron chi connectivity index (χ0n) is 9.28. The van der Waals surface area contributed by atoms with Gasteiger partial charge in [-0.3, -0.25) is 10.1 Å². The molecule has 17 heavy (non-hydrogen) atoms. The molecule has 0 saturated carbocycles. The van der Waals surface area contributed by atoms with Crippen molar-refractivity contribution in [2.45, 2.75) is 37.1 Å². The Labute approximate surface area is 97.4 Å². The molecule has 8 heteroatoms. The second kappa shape index (κ2) is 5.25. The largest absolute Gasteiger partial charge is 0.480 e. The van der Waals surface area contributed by atoms with E-state index in [1.807, 2.05) is 0 Å². The van der Waals surface area contributed by atoms with Crippen molar-refractivity contribution >= 4 is 5.97 Å². The van der Waals surface area contributed by atoms with Gasteiger partial charge in [-0.1, -0.05) is 0 Å². The summed E-state index contributed by atoms with van der Waals surface area (Å²) in [5, 5.41) is 49.0. The lowest BCUT2D eigenvalue weighted by Crippen LogP contribution is -2.65. The standard InChI is InChI=1S/C9H17NO7/c1-4(8(14)15)10-3-9(16)7(13)6(12)5(11)2-17-9/h4-7,10-13,16H,2-3H2,1H3,(H,14,15)/t4-,5+,6+,7-,9?/m0/s1. The highest BCUT2D eigenvalue weighted by Crippen LogP contribution is 2.23. The van der Waals surface area contributed by atoms with E-state index in [1.165, 1.54) is 6.92 Å². The Morgan fingerprint density at radius 1 is 1.53 bits per heavy atom. The third-order valence-electron chi connectivity index (χ3n) is 2.72. The third-order valence-corrected chi connectivity index (χ3v) is 2.72. The summed E-state index contributed by atoms with van der Waals surface area (Å²) >= 11 is 0. The number of carboxylic acid groups (broad SMARTS) is 1. The van der Waals surface area contributed by atoms with Crippen molar-refractivity contribution in [3.05, 3.63) is 0 Å². The molecule has 0 bridgehead atoms. The van der Waals surface area contributed by atoms with E-state index >= 15 is 0 Å². The highest BCUT2D eigenvalue weighted by Gasteiger charge is 2.48. The van der Waals surface area contributed by atoms with Gasteiger partial charge in [0.05, 0.1) is 13.2 Å². The van der Waals surface area contributed by atoms with E-state index in [4.69, 9.17) is 9.84 Å². The van der Waals surface area contributed by atoms with E-state index in [0.29, 0.717) is 0 Å².